The number of carbonyl (C=O) groups is 2. The van der Waals surface area contributed by atoms with Crippen molar-refractivity contribution in [1.82, 2.24) is 4.98 Å². The van der Waals surface area contributed by atoms with Crippen LogP contribution in [-0.2, 0) is 16.0 Å². The molecule has 1 fully saturated rings. The molecule has 3 N–H and O–H groups in total. The Hall–Kier alpha value is -3.44. The molecule has 5 nitrogen and oxygen atoms in total. The van der Waals surface area contributed by atoms with Gasteiger partial charge in [-0.3, -0.25) is 9.59 Å². The summed E-state index contributed by atoms with van der Waals surface area (Å²) < 4.78 is 0. The van der Waals surface area contributed by atoms with Gasteiger partial charge in [0, 0.05) is 28.9 Å². The lowest BCUT2D eigenvalue weighted by atomic mass is 10.1. The molecule has 1 atom stereocenters. The number of benzene rings is 3. The van der Waals surface area contributed by atoms with E-state index >= 15 is 0 Å². The van der Waals surface area contributed by atoms with Crippen LogP contribution in [0.3, 0.4) is 0 Å². The molecule has 29 heavy (non-hydrogen) atoms. The van der Waals surface area contributed by atoms with Gasteiger partial charge < -0.3 is 10.3 Å². The van der Waals surface area contributed by atoms with Crippen molar-refractivity contribution in [2.75, 3.05) is 11.4 Å². The van der Waals surface area contributed by atoms with Gasteiger partial charge in [0.1, 0.15) is 0 Å². The minimum Gasteiger partial charge on any atom is -0.361 e. The Balaban J connectivity index is 1.32. The average Bonchev–Trinajstić information content (AvgIpc) is 3.28. The first-order valence-electron chi connectivity index (χ1n) is 9.95. The normalized spacial score (nSPS) is 17.0. The fraction of sp³-hybridized carbons (Fsp3) is 0.167. The Kier molecular flexibility index (Phi) is 4.37. The van der Waals surface area contributed by atoms with Crippen LogP contribution in [0.2, 0.25) is 0 Å². The van der Waals surface area contributed by atoms with Crippen LogP contribution in [0.5, 0.6) is 0 Å². The molecule has 3 aromatic carbocycles. The highest BCUT2D eigenvalue weighted by atomic mass is 16.2. The summed E-state index contributed by atoms with van der Waals surface area (Å²) in [5, 5.41) is 5.17. The van der Waals surface area contributed by atoms with Crippen molar-refractivity contribution in [3.63, 3.8) is 0 Å². The van der Waals surface area contributed by atoms with Crippen molar-refractivity contribution in [2.24, 2.45) is 0 Å². The molecule has 0 aliphatic carbocycles. The van der Waals surface area contributed by atoms with Gasteiger partial charge in [-0.2, -0.15) is 0 Å². The van der Waals surface area contributed by atoms with Gasteiger partial charge in [-0.25, -0.2) is 4.90 Å². The smallest absolute Gasteiger partial charge is 0.292 e. The second-order valence-corrected chi connectivity index (χ2v) is 7.51. The number of anilines is 1. The van der Waals surface area contributed by atoms with Crippen molar-refractivity contribution >= 4 is 39.2 Å². The fourth-order valence-corrected chi connectivity index (χ4v) is 4.27. The van der Waals surface area contributed by atoms with Crippen LogP contribution < -0.4 is 10.2 Å². The summed E-state index contributed by atoms with van der Waals surface area (Å²) in [4.78, 5) is 30.4. The Morgan fingerprint density at radius 3 is 2.59 bits per heavy atom. The summed E-state index contributed by atoms with van der Waals surface area (Å²) in [7, 11) is 0. The van der Waals surface area contributed by atoms with Crippen molar-refractivity contribution in [1.29, 1.82) is 0 Å². The van der Waals surface area contributed by atoms with E-state index in [9.17, 15) is 9.59 Å². The highest BCUT2D eigenvalue weighted by Crippen LogP contribution is 2.30. The molecule has 5 heteroatoms. The molecule has 2 heterocycles. The van der Waals surface area contributed by atoms with Crippen LogP contribution >= 0.6 is 0 Å². The van der Waals surface area contributed by atoms with E-state index < -0.39 is 0 Å². The van der Waals surface area contributed by atoms with Gasteiger partial charge in [-0.05, 0) is 23.1 Å². The zero-order valence-electron chi connectivity index (χ0n) is 16.0. The zero-order chi connectivity index (χ0) is 19.8. The summed E-state index contributed by atoms with van der Waals surface area (Å²) in [6.45, 7) is 0.759. The van der Waals surface area contributed by atoms with Crippen molar-refractivity contribution in [2.45, 2.75) is 18.9 Å². The number of nitrogens with two attached hydrogens (primary N) is 1. The third-order valence-corrected chi connectivity index (χ3v) is 5.73. The molecule has 1 aromatic heterocycles. The Morgan fingerprint density at radius 2 is 1.69 bits per heavy atom. The number of quaternary nitrogens is 1. The summed E-state index contributed by atoms with van der Waals surface area (Å²) in [5.41, 5.74) is 3.04. The van der Waals surface area contributed by atoms with E-state index in [2.05, 4.69) is 17.1 Å². The molecule has 2 amide bonds. The average molecular weight is 384 g/mol. The summed E-state index contributed by atoms with van der Waals surface area (Å²) in [5.74, 6) is -0.245. The van der Waals surface area contributed by atoms with Gasteiger partial charge in [0.05, 0.1) is 18.7 Å². The highest BCUT2D eigenvalue weighted by Gasteiger charge is 2.42. The number of para-hydroxylation sites is 1. The molecule has 0 bridgehead atoms. The number of nitrogens with zero attached hydrogens (tertiary/aromatic N) is 1. The van der Waals surface area contributed by atoms with E-state index in [0.717, 1.165) is 29.3 Å². The largest absolute Gasteiger partial charge is 0.361 e. The highest BCUT2D eigenvalue weighted by molar-refractivity contribution is 6.24. The maximum absolute atomic E-state index is 13.0. The molecule has 5 rings (SSSR count). The number of imide groups is 1. The molecule has 4 aromatic rings. The van der Waals surface area contributed by atoms with E-state index in [1.54, 1.807) is 0 Å². The predicted octanol–water partition coefficient (Wildman–Crippen LogP) is 2.76. The van der Waals surface area contributed by atoms with Crippen LogP contribution in [0.4, 0.5) is 5.69 Å². The van der Waals surface area contributed by atoms with E-state index in [-0.39, 0.29) is 24.3 Å². The first-order valence-corrected chi connectivity index (χ1v) is 9.95. The molecule has 0 unspecified atom stereocenters. The monoisotopic (exact) mass is 384 g/mol. The van der Waals surface area contributed by atoms with Crippen molar-refractivity contribution in [3.05, 3.63) is 78.5 Å². The second kappa shape index (κ2) is 7.18. The van der Waals surface area contributed by atoms with Crippen LogP contribution in [0, 0.1) is 0 Å². The van der Waals surface area contributed by atoms with Gasteiger partial charge in [0.15, 0.2) is 6.04 Å². The summed E-state index contributed by atoms with van der Waals surface area (Å²) in [6.07, 6.45) is 3.12. The lowest BCUT2D eigenvalue weighted by Crippen LogP contribution is -2.92. The minimum absolute atomic E-state index is 0.120. The number of fused-ring (bicyclic) bond motifs is 2. The third-order valence-electron chi connectivity index (χ3n) is 5.73. The van der Waals surface area contributed by atoms with E-state index in [0.29, 0.717) is 5.69 Å². The fourth-order valence-electron chi connectivity index (χ4n) is 4.27. The summed E-state index contributed by atoms with van der Waals surface area (Å²) >= 11 is 0. The van der Waals surface area contributed by atoms with Gasteiger partial charge in [-0.15, -0.1) is 0 Å². The lowest BCUT2D eigenvalue weighted by molar-refractivity contribution is -0.674. The summed E-state index contributed by atoms with van der Waals surface area (Å²) in [6, 6.07) is 21.4. The second-order valence-electron chi connectivity index (χ2n) is 7.51. The number of hydrogen-bond donors (Lipinski definition) is 2. The van der Waals surface area contributed by atoms with Gasteiger partial charge in [0.2, 0.25) is 5.91 Å². The van der Waals surface area contributed by atoms with Gasteiger partial charge in [0.25, 0.3) is 5.91 Å². The molecule has 0 radical (unpaired) electrons. The van der Waals surface area contributed by atoms with Gasteiger partial charge >= 0.3 is 0 Å². The van der Waals surface area contributed by atoms with Crippen molar-refractivity contribution in [3.8, 4) is 0 Å². The first kappa shape index (κ1) is 17.6. The van der Waals surface area contributed by atoms with Crippen LogP contribution in [0.25, 0.3) is 21.7 Å². The number of aromatic amines is 1. The Bertz CT molecular complexity index is 1220. The first-order chi connectivity index (χ1) is 14.2. The predicted molar refractivity (Wildman–Crippen MR) is 114 cm³/mol. The Morgan fingerprint density at radius 1 is 0.931 bits per heavy atom. The van der Waals surface area contributed by atoms with Crippen molar-refractivity contribution < 1.29 is 14.9 Å². The molecular formula is C24H22N3O2+. The van der Waals surface area contributed by atoms with Crippen LogP contribution in [-0.4, -0.2) is 29.4 Å². The topological polar surface area (TPSA) is 69.8 Å². The number of rotatable bonds is 5. The molecule has 144 valence electrons. The zero-order valence-corrected chi connectivity index (χ0v) is 16.0. The SMILES string of the molecule is O=C1C[C@@H]([NH2+]CCc2c[nH]c3ccccc23)C(=O)N1c1cccc2ccccc12. The quantitative estimate of drug-likeness (QED) is 0.520. The van der Waals surface area contributed by atoms with E-state index in [4.69, 9.17) is 0 Å². The molecule has 0 spiro atoms. The number of nitrogens with one attached hydrogen (secondary N) is 1. The Labute approximate surface area is 168 Å². The number of amides is 2. The standard InChI is InChI=1S/C24H21N3O2/c28-23-14-21(25-13-12-17-15-26-20-10-4-3-8-18(17)20)24(29)27(23)22-11-5-7-16-6-1-2-9-19(16)22/h1-11,15,21,25-26H,12-14H2/p+1/t21-/m1/s1. The maximum Gasteiger partial charge on any atom is 0.292 e. The number of hydrogen-bond acceptors (Lipinski definition) is 2. The molecule has 0 saturated carbocycles. The minimum atomic E-state index is -0.355. The molecule has 1 aliphatic rings. The van der Waals surface area contributed by atoms with Gasteiger partial charge in [-0.1, -0.05) is 54.6 Å². The number of H-pyrrole nitrogens is 1. The molecular weight excluding hydrogens is 362 g/mol. The van der Waals surface area contributed by atoms with Crippen LogP contribution in [0.1, 0.15) is 12.0 Å². The van der Waals surface area contributed by atoms with E-state index in [1.165, 1.54) is 15.8 Å². The molecule has 1 aliphatic heterocycles. The molecule has 1 saturated heterocycles. The number of aromatic nitrogens is 1. The third kappa shape index (κ3) is 3.09. The van der Waals surface area contributed by atoms with Crippen LogP contribution in [0.15, 0.2) is 72.9 Å². The maximum atomic E-state index is 13.0. The number of carbonyl (C=O) groups excluding carboxylic acids is 2. The van der Waals surface area contributed by atoms with E-state index in [1.807, 2.05) is 66.1 Å². The lowest BCUT2D eigenvalue weighted by Gasteiger charge is -2.16.